The molecule has 5 heterocycles. The molecule has 0 radical (unpaired) electrons. The van der Waals surface area contributed by atoms with Crippen molar-refractivity contribution in [3.63, 3.8) is 0 Å². The van der Waals surface area contributed by atoms with Crippen LogP contribution in [0.1, 0.15) is 68.1 Å². The van der Waals surface area contributed by atoms with Crippen molar-refractivity contribution in [2.24, 2.45) is 17.0 Å². The number of carbonyl (C=O) groups is 3. The van der Waals surface area contributed by atoms with Gasteiger partial charge in [0.05, 0.1) is 0 Å². The molecule has 4 aliphatic rings. The maximum atomic E-state index is 14.3. The van der Waals surface area contributed by atoms with Gasteiger partial charge in [-0.1, -0.05) is 31.2 Å². The van der Waals surface area contributed by atoms with Crippen LogP contribution in [-0.2, 0) is 26.2 Å². The van der Waals surface area contributed by atoms with E-state index in [1.54, 1.807) is 4.90 Å². The van der Waals surface area contributed by atoms with Crippen LogP contribution in [0.4, 0.5) is 15.3 Å². The number of para-hydroxylation sites is 1. The minimum atomic E-state index is -3.68. The second-order valence-electron chi connectivity index (χ2n) is 14.8. The quantitative estimate of drug-likeness (QED) is 0.329. The molecule has 3 fully saturated rings. The molecule has 280 valence electrons. The van der Waals surface area contributed by atoms with Gasteiger partial charge in [0.25, 0.3) is 16.1 Å². The number of nitrogens with zero attached hydrogens (tertiary/aromatic N) is 6. The zero-order valence-electron chi connectivity index (χ0n) is 29.9. The molecule has 2 aromatic carbocycles. The Morgan fingerprint density at radius 2 is 1.56 bits per heavy atom. The average molecular weight is 736 g/mol. The fraction of sp³-hybridized carbons (Fsp3) is 0.583. The van der Waals surface area contributed by atoms with Gasteiger partial charge in [0.15, 0.2) is 6.10 Å². The first-order chi connectivity index (χ1) is 25.0. The summed E-state index contributed by atoms with van der Waals surface area (Å²) in [4.78, 5) is 46.7. The highest BCUT2D eigenvalue weighted by Gasteiger charge is 2.40. The number of anilines is 1. The monoisotopic (exact) mass is 735 g/mol. The molecular formula is C36H49N9O6S. The van der Waals surface area contributed by atoms with Crippen molar-refractivity contribution >= 4 is 45.0 Å². The number of benzene rings is 2. The third-order valence-corrected chi connectivity index (χ3v) is 12.9. The molecule has 16 heteroatoms. The Labute approximate surface area is 304 Å². The summed E-state index contributed by atoms with van der Waals surface area (Å²) in [6.45, 7) is 7.19. The standard InChI is InChI=1S/C36H49N9O6S/c1-23-21-28(22-31-32(23)40-41-39-31)24(2)33(34(46)42-14-7-25(8-15-42)26-9-18-44(19-10-26)52(37,49)50)51-36(48)43-16-12-29(13-17-43)45-20-11-27-5-3-4-6-30(27)38-35(45)47/h3-6,21-22,24-26,29,33H,7-20H2,1-2H3,(H,38,47)(H2,37,49,50)(H,39,40,41)/t24-,33?/m1/s1. The van der Waals surface area contributed by atoms with Crippen LogP contribution in [0.15, 0.2) is 36.4 Å². The number of nitrogens with one attached hydrogen (secondary N) is 2. The lowest BCUT2D eigenvalue weighted by atomic mass is 9.79. The predicted molar refractivity (Wildman–Crippen MR) is 194 cm³/mol. The van der Waals surface area contributed by atoms with Crippen LogP contribution in [0.5, 0.6) is 0 Å². The number of carbonyl (C=O) groups excluding carboxylic acids is 3. The van der Waals surface area contributed by atoms with Crippen molar-refractivity contribution in [2.45, 2.75) is 76.9 Å². The SMILES string of the molecule is Cc1cc([C@@H](C)C(OC(=O)N2CCC(N3CCc4ccccc4NC3=O)CC2)C(=O)N2CCC(C3CCN(S(N)(=O)=O)CC3)CC2)cc2n[nH]nc12. The Balaban J connectivity index is 1.01. The largest absolute Gasteiger partial charge is 0.435 e. The van der Waals surface area contributed by atoms with Crippen molar-refractivity contribution in [1.29, 1.82) is 0 Å². The molecule has 4 N–H and O–H groups in total. The molecule has 3 saturated heterocycles. The molecule has 2 atom stereocenters. The van der Waals surface area contributed by atoms with E-state index in [2.05, 4.69) is 20.7 Å². The molecular weight excluding hydrogens is 687 g/mol. The van der Waals surface area contributed by atoms with E-state index in [4.69, 9.17) is 9.88 Å². The summed E-state index contributed by atoms with van der Waals surface area (Å²) >= 11 is 0. The van der Waals surface area contributed by atoms with Crippen LogP contribution in [0, 0.1) is 18.8 Å². The first-order valence-electron chi connectivity index (χ1n) is 18.4. The van der Waals surface area contributed by atoms with Crippen molar-refractivity contribution < 1.29 is 27.5 Å². The van der Waals surface area contributed by atoms with E-state index in [0.717, 1.165) is 60.0 Å². The molecule has 7 rings (SSSR count). The number of piperidine rings is 3. The van der Waals surface area contributed by atoms with Crippen molar-refractivity contribution in [2.75, 3.05) is 51.1 Å². The Kier molecular flexibility index (Phi) is 10.4. The third kappa shape index (κ3) is 7.60. The molecule has 15 nitrogen and oxygen atoms in total. The fourth-order valence-electron chi connectivity index (χ4n) is 8.61. The van der Waals surface area contributed by atoms with Crippen LogP contribution < -0.4 is 10.5 Å². The number of aryl methyl sites for hydroxylation is 1. The Bertz CT molecular complexity index is 1900. The second kappa shape index (κ2) is 15.0. The van der Waals surface area contributed by atoms with E-state index in [0.29, 0.717) is 76.0 Å². The van der Waals surface area contributed by atoms with Crippen LogP contribution >= 0.6 is 0 Å². The number of hydrogen-bond donors (Lipinski definition) is 3. The number of amides is 4. The van der Waals surface area contributed by atoms with E-state index in [1.807, 2.05) is 60.0 Å². The number of aromatic amines is 1. The van der Waals surface area contributed by atoms with Gasteiger partial charge in [-0.3, -0.25) is 4.79 Å². The zero-order chi connectivity index (χ0) is 36.6. The normalized spacial score (nSPS) is 21.4. The summed E-state index contributed by atoms with van der Waals surface area (Å²) < 4.78 is 31.1. The van der Waals surface area contributed by atoms with E-state index in [1.165, 1.54) is 4.31 Å². The molecule has 3 aromatic rings. The lowest BCUT2D eigenvalue weighted by molar-refractivity contribution is -0.143. The van der Waals surface area contributed by atoms with Gasteiger partial charge in [0.1, 0.15) is 11.0 Å². The van der Waals surface area contributed by atoms with Gasteiger partial charge in [-0.05, 0) is 92.5 Å². The maximum absolute atomic E-state index is 14.3. The van der Waals surface area contributed by atoms with E-state index < -0.39 is 28.3 Å². The predicted octanol–water partition coefficient (Wildman–Crippen LogP) is 3.58. The van der Waals surface area contributed by atoms with Gasteiger partial charge < -0.3 is 24.8 Å². The highest BCUT2D eigenvalue weighted by molar-refractivity contribution is 7.86. The Morgan fingerprint density at radius 3 is 2.25 bits per heavy atom. The molecule has 1 unspecified atom stereocenters. The molecule has 0 spiro atoms. The van der Waals surface area contributed by atoms with Gasteiger partial charge in [-0.2, -0.15) is 28.1 Å². The average Bonchev–Trinajstić information content (AvgIpc) is 3.57. The smallest absolute Gasteiger partial charge is 0.410 e. The van der Waals surface area contributed by atoms with Gasteiger partial charge >= 0.3 is 12.1 Å². The lowest BCUT2D eigenvalue weighted by Gasteiger charge is -2.41. The number of nitrogens with two attached hydrogens (primary N) is 1. The van der Waals surface area contributed by atoms with Crippen LogP contribution in [0.2, 0.25) is 0 Å². The molecule has 4 amide bonds. The number of ether oxygens (including phenoxy) is 1. The van der Waals surface area contributed by atoms with Crippen LogP contribution in [-0.4, -0.2) is 119 Å². The number of hydrogen-bond acceptors (Lipinski definition) is 8. The fourth-order valence-corrected chi connectivity index (χ4v) is 9.33. The molecule has 0 saturated carbocycles. The number of H-pyrrole nitrogens is 1. The second-order valence-corrected chi connectivity index (χ2v) is 16.4. The summed E-state index contributed by atoms with van der Waals surface area (Å²) in [6, 6.07) is 11.6. The van der Waals surface area contributed by atoms with Gasteiger partial charge in [-0.25, -0.2) is 14.7 Å². The number of likely N-dealkylation sites (tertiary alicyclic amines) is 2. The third-order valence-electron chi connectivity index (χ3n) is 11.8. The summed E-state index contributed by atoms with van der Waals surface area (Å²) in [7, 11) is -3.68. The zero-order valence-corrected chi connectivity index (χ0v) is 30.7. The van der Waals surface area contributed by atoms with Gasteiger partial charge in [0.2, 0.25) is 0 Å². The van der Waals surface area contributed by atoms with Crippen LogP contribution in [0.3, 0.4) is 0 Å². The number of fused-ring (bicyclic) bond motifs is 2. The summed E-state index contributed by atoms with van der Waals surface area (Å²) in [5, 5.41) is 19.6. The van der Waals surface area contributed by atoms with Crippen molar-refractivity contribution in [3.8, 4) is 0 Å². The van der Waals surface area contributed by atoms with Crippen molar-refractivity contribution in [3.05, 3.63) is 53.1 Å². The first-order valence-corrected chi connectivity index (χ1v) is 20.0. The topological polar surface area (TPSA) is 187 Å². The number of rotatable bonds is 7. The molecule has 52 heavy (non-hydrogen) atoms. The number of urea groups is 1. The molecule has 0 bridgehead atoms. The Hall–Kier alpha value is -4.28. The summed E-state index contributed by atoms with van der Waals surface area (Å²) in [5.41, 5.74) is 5.11. The minimum Gasteiger partial charge on any atom is -0.435 e. The highest BCUT2D eigenvalue weighted by atomic mass is 32.2. The van der Waals surface area contributed by atoms with Gasteiger partial charge in [0, 0.05) is 63.5 Å². The van der Waals surface area contributed by atoms with E-state index in [9.17, 15) is 22.8 Å². The van der Waals surface area contributed by atoms with Gasteiger partial charge in [-0.15, -0.1) is 0 Å². The number of aromatic nitrogens is 3. The minimum absolute atomic E-state index is 0.0138. The molecule has 1 aromatic heterocycles. The lowest BCUT2D eigenvalue weighted by Crippen LogP contribution is -2.52. The van der Waals surface area contributed by atoms with E-state index >= 15 is 0 Å². The maximum Gasteiger partial charge on any atom is 0.410 e. The van der Waals surface area contributed by atoms with Crippen LogP contribution in [0.25, 0.3) is 11.0 Å². The first kappa shape index (κ1) is 36.1. The molecule has 0 aliphatic carbocycles. The summed E-state index contributed by atoms with van der Waals surface area (Å²) in [6.07, 6.45) is 3.49. The van der Waals surface area contributed by atoms with E-state index in [-0.39, 0.29) is 18.0 Å². The Morgan fingerprint density at radius 1 is 0.904 bits per heavy atom. The summed E-state index contributed by atoms with van der Waals surface area (Å²) in [5.74, 6) is 0.0658. The van der Waals surface area contributed by atoms with Crippen molar-refractivity contribution in [1.82, 2.24) is 34.4 Å². The molecule has 4 aliphatic heterocycles. The highest BCUT2D eigenvalue weighted by Crippen LogP contribution is 2.35.